The van der Waals surface area contributed by atoms with Crippen LogP contribution in [-0.4, -0.2) is 139 Å². The largest absolute Gasteiger partial charge is 0.463 e. The van der Waals surface area contributed by atoms with Crippen molar-refractivity contribution < 1.29 is 76.1 Å². The lowest BCUT2D eigenvalue weighted by molar-refractivity contribution is -0.305. The third kappa shape index (κ3) is 17.7. The fourth-order valence-corrected chi connectivity index (χ4v) is 7.45. The summed E-state index contributed by atoms with van der Waals surface area (Å²) in [6.45, 7) is 10.5. The Labute approximate surface area is 390 Å². The molecule has 4 unspecified atom stereocenters. The number of alkyl halides is 6. The lowest BCUT2D eigenvalue weighted by Gasteiger charge is -2.49. The number of benzene rings is 1. The first-order chi connectivity index (χ1) is 28.6. The third-order valence-corrected chi connectivity index (χ3v) is 14.7. The van der Waals surface area contributed by atoms with Crippen molar-refractivity contribution in [1.82, 2.24) is 10.6 Å². The molecular weight excluding hydrogens is 969 g/mol. The fourth-order valence-electron chi connectivity index (χ4n) is 5.80. The quantitative estimate of drug-likeness (QED) is 0.0773. The Kier molecular flexibility index (Phi) is 20.4. The number of nitrogens with one attached hydrogen (secondary N) is 2. The van der Waals surface area contributed by atoms with Gasteiger partial charge in [0.2, 0.25) is 7.59 Å². The Morgan fingerprint density at radius 3 is 1.65 bits per heavy atom. The number of aliphatic hydroxyl groups excluding tert-OH is 1. The molecule has 10 atom stereocenters. The summed E-state index contributed by atoms with van der Waals surface area (Å²) in [6.07, 6.45) is -14.0. The van der Waals surface area contributed by atoms with Crippen LogP contribution in [0, 0.1) is 0 Å². The van der Waals surface area contributed by atoms with Crippen molar-refractivity contribution in [2.45, 2.75) is 135 Å². The first-order valence-electron chi connectivity index (χ1n) is 19.0. The van der Waals surface area contributed by atoms with Crippen LogP contribution >= 0.6 is 69.6 Å². The van der Waals surface area contributed by atoms with E-state index in [0.29, 0.717) is 0 Å². The molecule has 0 radical (unpaired) electrons. The number of amides is 2. The van der Waals surface area contributed by atoms with Crippen molar-refractivity contribution in [2.75, 3.05) is 26.4 Å². The molecule has 1 aromatic carbocycles. The fraction of sp³-hybridized carbons (Fsp3) is 0.703. The molecule has 62 heavy (non-hydrogen) atoms. The van der Waals surface area contributed by atoms with Crippen molar-refractivity contribution in [3.8, 4) is 0 Å². The van der Waals surface area contributed by atoms with Gasteiger partial charge in [-0.05, 0) is 23.7 Å². The van der Waals surface area contributed by atoms with Gasteiger partial charge in [-0.2, -0.15) is 0 Å². The third-order valence-electron chi connectivity index (χ3n) is 9.60. The van der Waals surface area contributed by atoms with Crippen molar-refractivity contribution in [3.63, 3.8) is 0 Å². The van der Waals surface area contributed by atoms with E-state index in [1.165, 1.54) is 0 Å². The van der Waals surface area contributed by atoms with Crippen LogP contribution in [-0.2, 0) is 68.0 Å². The van der Waals surface area contributed by atoms with E-state index >= 15 is 0 Å². The van der Waals surface area contributed by atoms with Crippen LogP contribution in [0.2, 0.25) is 18.1 Å². The number of hydrogen-bond acceptors (Lipinski definition) is 16. The molecule has 0 aliphatic carbocycles. The number of hydrogen-bond donors (Lipinski definition) is 3. The topological polar surface area (TPSA) is 222 Å². The number of rotatable bonds is 16. The molecule has 2 fully saturated rings. The van der Waals surface area contributed by atoms with E-state index in [-0.39, 0.29) is 6.61 Å². The summed E-state index contributed by atoms with van der Waals surface area (Å²) in [7, 11) is -2.81. The molecule has 2 aliphatic heterocycles. The maximum absolute atomic E-state index is 13.2. The molecule has 3 rings (SSSR count). The van der Waals surface area contributed by atoms with Crippen LogP contribution < -0.4 is 10.6 Å². The van der Waals surface area contributed by atoms with Crippen LogP contribution in [0.4, 0.5) is 9.59 Å². The number of alkyl carbamates (subject to hydrolysis) is 2. The molecule has 2 aliphatic rings. The Morgan fingerprint density at radius 1 is 0.677 bits per heavy atom. The first kappa shape index (κ1) is 54.2. The Balaban J connectivity index is 2.09. The second-order valence-corrected chi connectivity index (χ2v) is 25.5. The van der Waals surface area contributed by atoms with Crippen molar-refractivity contribution in [3.05, 3.63) is 35.9 Å². The van der Waals surface area contributed by atoms with Crippen LogP contribution in [0.15, 0.2) is 30.3 Å². The minimum Gasteiger partial charge on any atom is -0.463 e. The summed E-state index contributed by atoms with van der Waals surface area (Å²) in [5.41, 5.74) is 0.721. The van der Waals surface area contributed by atoms with Gasteiger partial charge in [-0.3, -0.25) is 14.4 Å². The SMILES string of the molecule is CC(=O)OCC1O[C@@H](OCC2O[C@@H](OCc3ccccc3)C(NC(=O)OCC(Cl)(Cl)Cl)[C@@H](O[Si](C)(C)C(C)(C)C)[C@@H]2O)C(NC(=O)OCC(Cl)(Cl)Cl)[C@@H](OC(C)=O)[C@@H]1OC(C)=O. The normalized spacial score (nSPS) is 27.0. The average Bonchev–Trinajstić information content (AvgIpc) is 3.14. The van der Waals surface area contributed by atoms with Crippen molar-refractivity contribution >= 4 is 108 Å². The summed E-state index contributed by atoms with van der Waals surface area (Å²) in [5.74, 6) is -2.48. The molecule has 25 heteroatoms. The molecule has 0 saturated carbocycles. The number of halogens is 6. The standard InChI is InChI=1S/C37H52Cl6N2O16Si/c1-19(46)52-16-24-28(57-20(2)47)30(58-21(3)48)26(45-34(51)56-18-37(41,42)43)32(60-24)54-15-23-27(49)29(61-62(7,8)35(4,5)6)25(44-33(50)55-17-36(38,39)40)31(59-23)53-14-22-12-10-9-11-13-22/h9-13,23-32,49H,14-18H2,1-8H3,(H,44,50)(H,45,51)/t23?,24?,25?,26?,27-,28-,29-,30-,31-,32-/m1/s1. The van der Waals surface area contributed by atoms with Gasteiger partial charge >= 0.3 is 30.1 Å². The van der Waals surface area contributed by atoms with Crippen LogP contribution in [0.3, 0.4) is 0 Å². The van der Waals surface area contributed by atoms with Gasteiger partial charge < -0.3 is 62.8 Å². The van der Waals surface area contributed by atoms with Crippen molar-refractivity contribution in [1.29, 1.82) is 0 Å². The number of carbonyl (C=O) groups is 5. The Morgan fingerprint density at radius 2 is 1.16 bits per heavy atom. The van der Waals surface area contributed by atoms with Crippen molar-refractivity contribution in [2.24, 2.45) is 0 Å². The summed E-state index contributed by atoms with van der Waals surface area (Å²) < 4.78 is 54.2. The molecule has 2 amide bonds. The zero-order chi connectivity index (χ0) is 46.8. The van der Waals surface area contributed by atoms with E-state index in [9.17, 15) is 29.1 Å². The highest BCUT2D eigenvalue weighted by atomic mass is 35.6. The molecule has 3 N–H and O–H groups in total. The zero-order valence-corrected chi connectivity index (χ0v) is 40.6. The van der Waals surface area contributed by atoms with Crippen LogP contribution in [0.1, 0.15) is 47.1 Å². The summed E-state index contributed by atoms with van der Waals surface area (Å²) in [6, 6.07) is 6.17. The molecule has 18 nitrogen and oxygen atoms in total. The number of esters is 3. The second-order valence-electron chi connectivity index (χ2n) is 15.7. The van der Waals surface area contributed by atoms with Gasteiger partial charge in [0.15, 0.2) is 33.1 Å². The monoisotopic (exact) mass is 1020 g/mol. The van der Waals surface area contributed by atoms with Gasteiger partial charge in [0.25, 0.3) is 0 Å². The van der Waals surface area contributed by atoms with E-state index in [4.69, 9.17) is 117 Å². The van der Waals surface area contributed by atoms with Gasteiger partial charge in [0.1, 0.15) is 50.2 Å². The lowest BCUT2D eigenvalue weighted by atomic mass is 9.95. The van der Waals surface area contributed by atoms with Crippen LogP contribution in [0.25, 0.3) is 0 Å². The predicted molar refractivity (Wildman–Crippen MR) is 227 cm³/mol. The highest BCUT2D eigenvalue weighted by molar-refractivity contribution is 6.74. The van der Waals surface area contributed by atoms with E-state index in [1.807, 2.05) is 39.9 Å². The highest BCUT2D eigenvalue weighted by Gasteiger charge is 2.55. The van der Waals surface area contributed by atoms with Gasteiger partial charge in [-0.25, -0.2) is 9.59 Å². The number of aliphatic hydroxyl groups is 1. The summed E-state index contributed by atoms with van der Waals surface area (Å²) >= 11 is 34.8. The first-order valence-corrected chi connectivity index (χ1v) is 24.2. The molecule has 2 heterocycles. The van der Waals surface area contributed by atoms with Gasteiger partial charge in [0.05, 0.1) is 19.3 Å². The van der Waals surface area contributed by atoms with E-state index < -0.39 is 139 Å². The van der Waals surface area contributed by atoms with Crippen LogP contribution in [0.5, 0.6) is 0 Å². The minimum absolute atomic E-state index is 0.0448. The molecule has 352 valence electrons. The maximum Gasteiger partial charge on any atom is 0.407 e. The smallest absolute Gasteiger partial charge is 0.407 e. The van der Waals surface area contributed by atoms with E-state index in [2.05, 4.69) is 10.6 Å². The molecule has 0 aromatic heterocycles. The summed E-state index contributed by atoms with van der Waals surface area (Å²) in [4.78, 5) is 63.1. The Bertz CT molecular complexity index is 1670. The van der Waals surface area contributed by atoms with Gasteiger partial charge in [-0.15, -0.1) is 0 Å². The molecule has 0 bridgehead atoms. The molecule has 0 spiro atoms. The van der Waals surface area contributed by atoms with Gasteiger partial charge in [-0.1, -0.05) is 121 Å². The van der Waals surface area contributed by atoms with E-state index in [0.717, 1.165) is 26.3 Å². The van der Waals surface area contributed by atoms with Gasteiger partial charge in [0, 0.05) is 20.8 Å². The Hall–Kier alpha value is -2.11. The minimum atomic E-state index is -2.81. The number of ether oxygens (including phenoxy) is 9. The molecule has 1 aromatic rings. The number of carbonyl (C=O) groups excluding carboxylic acids is 5. The average molecular weight is 1020 g/mol. The molecular formula is C37H52Cl6N2O16Si. The van der Waals surface area contributed by atoms with E-state index in [1.54, 1.807) is 24.3 Å². The second kappa shape index (κ2) is 23.4. The predicted octanol–water partition coefficient (Wildman–Crippen LogP) is 5.78. The summed E-state index contributed by atoms with van der Waals surface area (Å²) in [5, 5.41) is 16.8. The molecule has 2 saturated heterocycles. The zero-order valence-electron chi connectivity index (χ0n) is 35.0. The maximum atomic E-state index is 13.2. The highest BCUT2D eigenvalue weighted by Crippen LogP contribution is 2.40. The lowest BCUT2D eigenvalue weighted by Crippen LogP contribution is -2.69.